The van der Waals surface area contributed by atoms with Gasteiger partial charge in [0, 0.05) is 8.47 Å². The van der Waals surface area contributed by atoms with Crippen LogP contribution in [-0.2, 0) is 6.18 Å². The van der Waals surface area contributed by atoms with Crippen molar-refractivity contribution in [2.24, 2.45) is 0 Å². The van der Waals surface area contributed by atoms with Crippen molar-refractivity contribution in [1.82, 2.24) is 0 Å². The van der Waals surface area contributed by atoms with Crippen molar-refractivity contribution in [3.63, 3.8) is 0 Å². The maximum absolute atomic E-state index is 12.3. The molecule has 0 saturated carbocycles. The Kier molecular flexibility index (Phi) is 3.32. The molecule has 1 nitrogen and oxygen atoms in total. The molecule has 14 heavy (non-hydrogen) atoms. The zero-order valence-electron chi connectivity index (χ0n) is 6.56. The number of alkyl halides is 3. The zero-order chi connectivity index (χ0) is 10.9. The Labute approximate surface area is 97.5 Å². The second kappa shape index (κ2) is 3.98. The first-order valence-electron chi connectivity index (χ1n) is 3.36. The minimum Gasteiger partial charge on any atom is -0.192 e. The van der Waals surface area contributed by atoms with Crippen LogP contribution >= 0.6 is 35.2 Å². The van der Waals surface area contributed by atoms with E-state index in [-0.39, 0.29) is 14.0 Å². The van der Waals surface area contributed by atoms with Gasteiger partial charge >= 0.3 is 6.18 Å². The van der Waals surface area contributed by atoms with Crippen LogP contribution in [0.15, 0.2) is 17.0 Å². The van der Waals surface area contributed by atoms with E-state index >= 15 is 0 Å². The maximum atomic E-state index is 12.3. The average molecular weight is 329 g/mol. The molecule has 0 fully saturated rings. The van der Waals surface area contributed by atoms with E-state index in [2.05, 4.69) is 12.6 Å². The van der Waals surface area contributed by atoms with Crippen LogP contribution in [0.4, 0.5) is 13.2 Å². The largest absolute Gasteiger partial charge is 0.417 e. The van der Waals surface area contributed by atoms with Crippen molar-refractivity contribution >= 4 is 35.2 Å². The van der Waals surface area contributed by atoms with Gasteiger partial charge in [-0.05, 0) is 34.7 Å². The highest BCUT2D eigenvalue weighted by atomic mass is 127. The number of rotatable bonds is 0. The fraction of sp³-hybridized carbons (Fsp3) is 0.125. The molecular weight excluding hydrogens is 326 g/mol. The quantitative estimate of drug-likeness (QED) is 0.572. The highest BCUT2D eigenvalue weighted by Crippen LogP contribution is 2.36. The summed E-state index contributed by atoms with van der Waals surface area (Å²) in [5.41, 5.74) is -0.618. The van der Waals surface area contributed by atoms with E-state index in [4.69, 9.17) is 5.26 Å². The minimum atomic E-state index is -4.40. The van der Waals surface area contributed by atoms with E-state index in [1.807, 2.05) is 0 Å². The zero-order valence-corrected chi connectivity index (χ0v) is 9.61. The van der Waals surface area contributed by atoms with Gasteiger partial charge in [-0.25, -0.2) is 0 Å². The highest BCUT2D eigenvalue weighted by molar-refractivity contribution is 14.1. The lowest BCUT2D eigenvalue weighted by Gasteiger charge is -2.10. The van der Waals surface area contributed by atoms with E-state index in [1.54, 1.807) is 6.07 Å². The normalized spacial score (nSPS) is 11.1. The second-order valence-corrected chi connectivity index (χ2v) is 3.96. The van der Waals surface area contributed by atoms with E-state index < -0.39 is 11.7 Å². The molecule has 0 atom stereocenters. The monoisotopic (exact) mass is 329 g/mol. The molecule has 0 radical (unpaired) electrons. The van der Waals surface area contributed by atoms with Gasteiger partial charge in [0.2, 0.25) is 0 Å². The van der Waals surface area contributed by atoms with E-state index in [0.29, 0.717) is 0 Å². The predicted octanol–water partition coefficient (Wildman–Crippen LogP) is 3.47. The summed E-state index contributed by atoms with van der Waals surface area (Å²) in [6, 6.07) is 3.77. The fourth-order valence-electron chi connectivity index (χ4n) is 0.874. The molecule has 0 bridgehead atoms. The number of nitriles is 1. The number of nitrogens with zero attached hydrogens (tertiary/aromatic N) is 1. The molecule has 0 unspecified atom stereocenters. The second-order valence-electron chi connectivity index (χ2n) is 2.43. The van der Waals surface area contributed by atoms with Gasteiger partial charge in [-0.15, -0.1) is 12.6 Å². The van der Waals surface area contributed by atoms with Crippen molar-refractivity contribution in [2.75, 3.05) is 0 Å². The SMILES string of the molecule is N#Cc1ccc(C(F)(F)F)c(I)c1S. The predicted molar refractivity (Wildman–Crippen MR) is 56.1 cm³/mol. The number of halogens is 4. The molecule has 0 aliphatic carbocycles. The maximum Gasteiger partial charge on any atom is 0.417 e. The first-order valence-corrected chi connectivity index (χ1v) is 4.89. The molecule has 0 spiro atoms. The number of benzene rings is 1. The minimum absolute atomic E-state index is 0.0440. The lowest BCUT2D eigenvalue weighted by molar-refractivity contribution is -0.138. The van der Waals surface area contributed by atoms with Gasteiger partial charge < -0.3 is 0 Å². The average Bonchev–Trinajstić information content (AvgIpc) is 2.07. The molecule has 74 valence electrons. The van der Waals surface area contributed by atoms with Crippen LogP contribution in [0.25, 0.3) is 0 Å². The Bertz CT molecular complexity index is 408. The summed E-state index contributed by atoms with van der Waals surface area (Å²) in [7, 11) is 0. The lowest BCUT2D eigenvalue weighted by Crippen LogP contribution is -2.08. The fourth-order valence-corrected chi connectivity index (χ4v) is 1.89. The number of hydrogen-bond acceptors (Lipinski definition) is 2. The molecule has 6 heteroatoms. The Morgan fingerprint density at radius 1 is 1.36 bits per heavy atom. The van der Waals surface area contributed by atoms with Gasteiger partial charge in [-0.2, -0.15) is 18.4 Å². The summed E-state index contributed by atoms with van der Waals surface area (Å²) in [6.45, 7) is 0. The Balaban J connectivity index is 3.41. The number of hydrogen-bond donors (Lipinski definition) is 1. The van der Waals surface area contributed by atoms with E-state index in [9.17, 15) is 13.2 Å². The summed E-state index contributed by atoms with van der Waals surface area (Å²) in [5, 5.41) is 8.55. The molecule has 0 amide bonds. The molecule has 1 aromatic rings. The van der Waals surface area contributed by atoms with Crippen molar-refractivity contribution in [1.29, 1.82) is 5.26 Å². The molecule has 1 rings (SSSR count). The van der Waals surface area contributed by atoms with Crippen LogP contribution in [-0.4, -0.2) is 0 Å². The highest BCUT2D eigenvalue weighted by Gasteiger charge is 2.33. The Morgan fingerprint density at radius 2 is 1.93 bits per heavy atom. The Morgan fingerprint density at radius 3 is 2.36 bits per heavy atom. The van der Waals surface area contributed by atoms with E-state index in [1.165, 1.54) is 22.6 Å². The van der Waals surface area contributed by atoms with Crippen molar-refractivity contribution in [2.45, 2.75) is 11.1 Å². The number of thiol groups is 1. The van der Waals surface area contributed by atoms with Gasteiger partial charge in [0.05, 0.1) is 11.1 Å². The van der Waals surface area contributed by atoms with Crippen LogP contribution in [0.2, 0.25) is 0 Å². The molecule has 0 heterocycles. The first kappa shape index (κ1) is 11.7. The summed E-state index contributed by atoms with van der Waals surface area (Å²) < 4.78 is 37.0. The molecule has 0 aromatic heterocycles. The summed E-state index contributed by atoms with van der Waals surface area (Å²) in [5.74, 6) is 0. The lowest BCUT2D eigenvalue weighted by atomic mass is 10.1. The molecule has 1 aromatic carbocycles. The van der Waals surface area contributed by atoms with Crippen LogP contribution in [0.1, 0.15) is 11.1 Å². The molecule has 0 saturated heterocycles. The van der Waals surface area contributed by atoms with Crippen LogP contribution in [0.5, 0.6) is 0 Å². The smallest absolute Gasteiger partial charge is 0.192 e. The van der Waals surface area contributed by atoms with Gasteiger partial charge in [0.25, 0.3) is 0 Å². The third-order valence-corrected chi connectivity index (χ3v) is 3.55. The summed E-state index contributed by atoms with van der Waals surface area (Å²) >= 11 is 5.39. The van der Waals surface area contributed by atoms with Gasteiger partial charge in [0.15, 0.2) is 0 Å². The van der Waals surface area contributed by atoms with Crippen LogP contribution in [0.3, 0.4) is 0 Å². The topological polar surface area (TPSA) is 23.8 Å². The third-order valence-electron chi connectivity index (χ3n) is 1.54. The van der Waals surface area contributed by atoms with Gasteiger partial charge in [0.1, 0.15) is 6.07 Å². The molecule has 0 aliphatic heterocycles. The third kappa shape index (κ3) is 2.15. The first-order chi connectivity index (χ1) is 6.38. The summed E-state index contributed by atoms with van der Waals surface area (Å²) in [4.78, 5) is 0.0722. The van der Waals surface area contributed by atoms with Crippen LogP contribution < -0.4 is 0 Å². The van der Waals surface area contributed by atoms with Crippen molar-refractivity contribution < 1.29 is 13.2 Å². The molecule has 0 N–H and O–H groups in total. The molecule has 0 aliphatic rings. The standard InChI is InChI=1S/C8H3F3INS/c9-8(10,11)5-2-1-4(3-13)7(14)6(5)12/h1-2,14H. The van der Waals surface area contributed by atoms with Crippen LogP contribution in [0, 0.1) is 14.9 Å². The Hall–Kier alpha value is -0.420. The summed E-state index contributed by atoms with van der Waals surface area (Å²) in [6.07, 6.45) is -4.40. The van der Waals surface area contributed by atoms with E-state index in [0.717, 1.165) is 12.1 Å². The molecular formula is C8H3F3INS. The van der Waals surface area contributed by atoms with Gasteiger partial charge in [-0.3, -0.25) is 0 Å². The van der Waals surface area contributed by atoms with Crippen molar-refractivity contribution in [3.05, 3.63) is 26.8 Å². The van der Waals surface area contributed by atoms with Crippen molar-refractivity contribution in [3.8, 4) is 6.07 Å². The van der Waals surface area contributed by atoms with Gasteiger partial charge in [-0.1, -0.05) is 0 Å².